The summed E-state index contributed by atoms with van der Waals surface area (Å²) in [6, 6.07) is 10.2. The molecule has 1 aromatic heterocycles. The number of hydrogen-bond acceptors (Lipinski definition) is 4. The number of carbonyl (C=O) groups is 1. The number of amides is 1. The van der Waals surface area contributed by atoms with E-state index in [1.165, 1.54) is 5.56 Å². The van der Waals surface area contributed by atoms with Crippen LogP contribution >= 0.6 is 0 Å². The molecule has 5 heteroatoms. The number of nitrogens with one attached hydrogen (secondary N) is 1. The van der Waals surface area contributed by atoms with Gasteiger partial charge < -0.3 is 10.2 Å². The molecule has 0 saturated carbocycles. The van der Waals surface area contributed by atoms with E-state index in [1.54, 1.807) is 12.4 Å². The van der Waals surface area contributed by atoms with Crippen molar-refractivity contribution in [1.82, 2.24) is 15.3 Å². The predicted molar refractivity (Wildman–Crippen MR) is 97.1 cm³/mol. The van der Waals surface area contributed by atoms with E-state index in [9.17, 15) is 4.79 Å². The van der Waals surface area contributed by atoms with E-state index in [-0.39, 0.29) is 5.91 Å². The molecule has 0 aliphatic carbocycles. The zero-order chi connectivity index (χ0) is 17.2. The topological polar surface area (TPSA) is 58.1 Å². The van der Waals surface area contributed by atoms with Crippen molar-refractivity contribution in [3.8, 4) is 0 Å². The fourth-order valence-electron chi connectivity index (χ4n) is 2.43. The number of carbonyl (C=O) groups excluding carboxylic acids is 1. The van der Waals surface area contributed by atoms with Gasteiger partial charge in [0.1, 0.15) is 11.5 Å². The van der Waals surface area contributed by atoms with Crippen molar-refractivity contribution < 1.29 is 4.79 Å². The Bertz CT molecular complexity index is 613. The Morgan fingerprint density at radius 1 is 1.08 bits per heavy atom. The second kappa shape index (κ2) is 9.65. The number of anilines is 1. The van der Waals surface area contributed by atoms with Crippen LogP contribution in [0.25, 0.3) is 0 Å². The van der Waals surface area contributed by atoms with E-state index >= 15 is 0 Å². The quantitative estimate of drug-likeness (QED) is 0.717. The van der Waals surface area contributed by atoms with E-state index in [4.69, 9.17) is 0 Å². The lowest BCUT2D eigenvalue weighted by atomic mass is 10.2. The lowest BCUT2D eigenvalue weighted by Gasteiger charge is -2.21. The summed E-state index contributed by atoms with van der Waals surface area (Å²) >= 11 is 0. The molecular formula is C19H26N4O. The van der Waals surface area contributed by atoms with Gasteiger partial charge in [0.25, 0.3) is 5.91 Å². The zero-order valence-electron chi connectivity index (χ0n) is 14.5. The minimum absolute atomic E-state index is 0.156. The van der Waals surface area contributed by atoms with Gasteiger partial charge in [-0.15, -0.1) is 0 Å². The second-order valence-corrected chi connectivity index (χ2v) is 5.72. The predicted octanol–water partition coefficient (Wildman–Crippen LogP) is 3.42. The zero-order valence-corrected chi connectivity index (χ0v) is 14.5. The van der Waals surface area contributed by atoms with Crippen molar-refractivity contribution in [2.24, 2.45) is 0 Å². The maximum Gasteiger partial charge on any atom is 0.271 e. The molecular weight excluding hydrogens is 300 g/mol. The Morgan fingerprint density at radius 3 is 2.50 bits per heavy atom. The third kappa shape index (κ3) is 5.33. The molecule has 1 N–H and O–H groups in total. The van der Waals surface area contributed by atoms with Crippen molar-refractivity contribution in [2.45, 2.75) is 39.7 Å². The normalized spacial score (nSPS) is 10.4. The van der Waals surface area contributed by atoms with Crippen LogP contribution in [0.2, 0.25) is 0 Å². The largest absolute Gasteiger partial charge is 0.351 e. The number of rotatable bonds is 9. The average molecular weight is 326 g/mol. The first-order valence-corrected chi connectivity index (χ1v) is 8.63. The highest BCUT2D eigenvalue weighted by atomic mass is 16.1. The molecule has 2 aromatic rings. The van der Waals surface area contributed by atoms with Gasteiger partial charge in [-0.3, -0.25) is 4.79 Å². The molecule has 24 heavy (non-hydrogen) atoms. The lowest BCUT2D eigenvalue weighted by Crippen LogP contribution is -2.27. The van der Waals surface area contributed by atoms with Crippen LogP contribution in [0.1, 0.15) is 49.2 Å². The summed E-state index contributed by atoms with van der Waals surface area (Å²) < 4.78 is 0. The summed E-state index contributed by atoms with van der Waals surface area (Å²) in [4.78, 5) is 22.8. The number of aromatic nitrogens is 2. The molecule has 2 rings (SSSR count). The Labute approximate surface area is 144 Å². The highest BCUT2D eigenvalue weighted by Gasteiger charge is 2.11. The van der Waals surface area contributed by atoms with Gasteiger partial charge in [0.2, 0.25) is 0 Å². The highest BCUT2D eigenvalue weighted by Crippen LogP contribution is 2.13. The Balaban J connectivity index is 1.95. The maximum absolute atomic E-state index is 12.0. The van der Waals surface area contributed by atoms with Crippen molar-refractivity contribution in [2.75, 3.05) is 18.0 Å². The first kappa shape index (κ1) is 17.9. The molecule has 1 amide bonds. The fraction of sp³-hybridized carbons (Fsp3) is 0.421. The molecule has 1 heterocycles. The number of unbranched alkanes of at least 4 members (excludes halogenated alkanes) is 2. The smallest absolute Gasteiger partial charge is 0.271 e. The minimum atomic E-state index is -0.156. The summed E-state index contributed by atoms with van der Waals surface area (Å²) in [7, 11) is 0. The first-order chi connectivity index (χ1) is 11.7. The van der Waals surface area contributed by atoms with E-state index in [0.717, 1.165) is 38.2 Å². The van der Waals surface area contributed by atoms with Gasteiger partial charge in [0, 0.05) is 19.6 Å². The molecule has 0 aliphatic heterocycles. The molecule has 0 radical (unpaired) electrons. The van der Waals surface area contributed by atoms with Crippen LogP contribution in [0, 0.1) is 0 Å². The van der Waals surface area contributed by atoms with Gasteiger partial charge in [-0.05, 0) is 18.9 Å². The Hall–Kier alpha value is -2.43. The molecule has 0 atom stereocenters. The van der Waals surface area contributed by atoms with Crippen molar-refractivity contribution in [1.29, 1.82) is 0 Å². The van der Waals surface area contributed by atoms with Gasteiger partial charge in [0.15, 0.2) is 0 Å². The van der Waals surface area contributed by atoms with Crippen LogP contribution in [0.4, 0.5) is 5.82 Å². The molecule has 0 aliphatic rings. The van der Waals surface area contributed by atoms with Crippen molar-refractivity contribution in [3.05, 3.63) is 54.0 Å². The van der Waals surface area contributed by atoms with Crippen molar-refractivity contribution >= 4 is 11.7 Å². The highest BCUT2D eigenvalue weighted by molar-refractivity contribution is 5.91. The third-order valence-corrected chi connectivity index (χ3v) is 3.86. The van der Waals surface area contributed by atoms with Crippen LogP contribution in [0.15, 0.2) is 42.7 Å². The monoisotopic (exact) mass is 326 g/mol. The van der Waals surface area contributed by atoms with E-state index in [2.05, 4.69) is 46.2 Å². The summed E-state index contributed by atoms with van der Waals surface area (Å²) in [5.41, 5.74) is 1.59. The Kier molecular flexibility index (Phi) is 7.21. The number of benzene rings is 1. The summed E-state index contributed by atoms with van der Waals surface area (Å²) in [5.74, 6) is 0.625. The van der Waals surface area contributed by atoms with Gasteiger partial charge >= 0.3 is 0 Å². The van der Waals surface area contributed by atoms with Gasteiger partial charge in [-0.1, -0.05) is 50.1 Å². The summed E-state index contributed by atoms with van der Waals surface area (Å²) in [5, 5.41) is 2.88. The minimum Gasteiger partial charge on any atom is -0.351 e. The molecule has 128 valence electrons. The molecule has 1 aromatic carbocycles. The molecule has 0 spiro atoms. The van der Waals surface area contributed by atoms with Crippen LogP contribution in [-0.4, -0.2) is 29.0 Å². The third-order valence-electron chi connectivity index (χ3n) is 3.86. The standard InChI is InChI=1S/C19H26N4O/c1-3-5-9-12-20-19(24)17-13-22-18(14-21-17)23(4-2)15-16-10-7-6-8-11-16/h6-8,10-11,13-14H,3-5,9,12,15H2,1-2H3,(H,20,24). The molecule has 0 unspecified atom stereocenters. The van der Waals surface area contributed by atoms with E-state index < -0.39 is 0 Å². The second-order valence-electron chi connectivity index (χ2n) is 5.72. The molecule has 0 saturated heterocycles. The summed E-state index contributed by atoms with van der Waals surface area (Å²) in [6.45, 7) is 6.51. The number of hydrogen-bond donors (Lipinski definition) is 1. The Morgan fingerprint density at radius 2 is 1.88 bits per heavy atom. The SMILES string of the molecule is CCCCCNC(=O)c1cnc(N(CC)Cc2ccccc2)cn1. The van der Waals surface area contributed by atoms with Crippen LogP contribution in [-0.2, 0) is 6.54 Å². The maximum atomic E-state index is 12.0. The molecule has 5 nitrogen and oxygen atoms in total. The molecule has 0 bridgehead atoms. The lowest BCUT2D eigenvalue weighted by molar-refractivity contribution is 0.0947. The molecule has 0 fully saturated rings. The van der Waals surface area contributed by atoms with Crippen LogP contribution in [0.5, 0.6) is 0 Å². The number of nitrogens with zero attached hydrogens (tertiary/aromatic N) is 3. The van der Waals surface area contributed by atoms with Gasteiger partial charge in [-0.2, -0.15) is 0 Å². The van der Waals surface area contributed by atoms with Gasteiger partial charge in [0.05, 0.1) is 12.4 Å². The van der Waals surface area contributed by atoms with Crippen LogP contribution in [0.3, 0.4) is 0 Å². The fourth-order valence-corrected chi connectivity index (χ4v) is 2.43. The van der Waals surface area contributed by atoms with E-state index in [1.807, 2.05) is 18.2 Å². The van der Waals surface area contributed by atoms with Crippen LogP contribution < -0.4 is 10.2 Å². The summed E-state index contributed by atoms with van der Waals surface area (Å²) in [6.07, 6.45) is 6.48. The van der Waals surface area contributed by atoms with E-state index in [0.29, 0.717) is 12.2 Å². The first-order valence-electron chi connectivity index (χ1n) is 8.63. The van der Waals surface area contributed by atoms with Crippen molar-refractivity contribution in [3.63, 3.8) is 0 Å². The van der Waals surface area contributed by atoms with Gasteiger partial charge in [-0.25, -0.2) is 9.97 Å². The average Bonchev–Trinajstić information content (AvgIpc) is 2.64.